The molecule has 3 heteroatoms. The van der Waals surface area contributed by atoms with Crippen molar-refractivity contribution in [2.75, 3.05) is 4.90 Å². The van der Waals surface area contributed by atoms with Gasteiger partial charge in [-0.15, -0.1) is 0 Å². The third-order valence-electron chi connectivity index (χ3n) is 11.0. The molecule has 258 valence electrons. The number of benzene rings is 9. The molecule has 0 aliphatic carbocycles. The van der Waals surface area contributed by atoms with Gasteiger partial charge in [0.05, 0.1) is 22.1 Å². The Kier molecular flexibility index (Phi) is 7.17. The highest BCUT2D eigenvalue weighted by Gasteiger charge is 2.21. The van der Waals surface area contributed by atoms with Crippen molar-refractivity contribution in [3.63, 3.8) is 0 Å². The van der Waals surface area contributed by atoms with Crippen molar-refractivity contribution in [1.29, 1.82) is 0 Å². The Bertz CT molecular complexity index is 3190. The van der Waals surface area contributed by atoms with Crippen LogP contribution in [0.15, 0.2) is 211 Å². The minimum absolute atomic E-state index is 0.869. The molecule has 0 bridgehead atoms. The molecule has 0 fully saturated rings. The zero-order valence-corrected chi connectivity index (χ0v) is 29.9. The van der Waals surface area contributed by atoms with Crippen LogP contribution in [-0.2, 0) is 0 Å². The normalized spacial score (nSPS) is 11.6. The SMILES string of the molecule is c1ccc(-c2ccc(N(c3cccc(-c4ccc5c(c4)c4ccc6ccccc6c4n5-c4ccccc4)c3)c3cccc4oc5ccccc5c34)cc2)cc1. The quantitative estimate of drug-likeness (QED) is 0.172. The average molecular weight is 703 g/mol. The van der Waals surface area contributed by atoms with Crippen LogP contribution in [0.4, 0.5) is 17.1 Å². The molecule has 9 aromatic carbocycles. The smallest absolute Gasteiger partial charge is 0.137 e. The number of furan rings is 1. The van der Waals surface area contributed by atoms with Gasteiger partial charge >= 0.3 is 0 Å². The van der Waals surface area contributed by atoms with Gasteiger partial charge in [0.2, 0.25) is 0 Å². The van der Waals surface area contributed by atoms with Gasteiger partial charge in [-0.3, -0.25) is 0 Å². The van der Waals surface area contributed by atoms with Crippen LogP contribution in [0, 0.1) is 0 Å². The van der Waals surface area contributed by atoms with Gasteiger partial charge in [0.15, 0.2) is 0 Å². The first-order chi connectivity index (χ1) is 27.3. The standard InChI is InChI=1S/C52H34N2O/c1-3-13-35(14-4-1)36-25-29-41(30-26-36)53(48-22-12-24-50-51(48)45-21-9-10-23-49(45)55-50)42-19-11-16-38(33-42)39-28-32-47-46(34-39)44-31-27-37-15-7-8-20-43(37)52(44)54(47)40-17-5-2-6-18-40/h1-34H. The lowest BCUT2D eigenvalue weighted by atomic mass is 10.00. The van der Waals surface area contributed by atoms with Crippen LogP contribution in [0.1, 0.15) is 0 Å². The van der Waals surface area contributed by atoms with Crippen LogP contribution in [0.25, 0.3) is 82.5 Å². The first-order valence-electron chi connectivity index (χ1n) is 18.8. The van der Waals surface area contributed by atoms with Crippen LogP contribution in [0.3, 0.4) is 0 Å². The summed E-state index contributed by atoms with van der Waals surface area (Å²) in [5, 5.41) is 7.16. The summed E-state index contributed by atoms with van der Waals surface area (Å²) in [5.41, 5.74) is 13.2. The van der Waals surface area contributed by atoms with Crippen molar-refractivity contribution in [3.05, 3.63) is 206 Å². The maximum atomic E-state index is 6.39. The summed E-state index contributed by atoms with van der Waals surface area (Å²) in [6, 6.07) is 73.9. The predicted octanol–water partition coefficient (Wildman–Crippen LogP) is 14.6. The molecule has 11 aromatic rings. The summed E-state index contributed by atoms with van der Waals surface area (Å²) in [5.74, 6) is 0. The van der Waals surface area contributed by atoms with E-state index in [4.69, 9.17) is 4.42 Å². The van der Waals surface area contributed by atoms with Gasteiger partial charge in [-0.2, -0.15) is 0 Å². The number of hydrogen-bond acceptors (Lipinski definition) is 2. The molecule has 0 spiro atoms. The van der Waals surface area contributed by atoms with E-state index in [1.165, 1.54) is 49.3 Å². The van der Waals surface area contributed by atoms with E-state index in [2.05, 4.69) is 204 Å². The van der Waals surface area contributed by atoms with E-state index in [9.17, 15) is 0 Å². The van der Waals surface area contributed by atoms with Crippen molar-refractivity contribution in [1.82, 2.24) is 4.57 Å². The molecule has 0 aliphatic rings. The molecule has 0 N–H and O–H groups in total. The van der Waals surface area contributed by atoms with Crippen molar-refractivity contribution >= 4 is 71.6 Å². The molecule has 0 atom stereocenters. The van der Waals surface area contributed by atoms with Crippen LogP contribution in [-0.4, -0.2) is 4.57 Å². The zero-order valence-electron chi connectivity index (χ0n) is 29.9. The molecule has 0 saturated heterocycles. The Labute approximate surface area is 318 Å². The molecule has 2 heterocycles. The minimum Gasteiger partial charge on any atom is -0.456 e. The van der Waals surface area contributed by atoms with E-state index in [1.807, 2.05) is 12.1 Å². The molecule has 11 rings (SSSR count). The lowest BCUT2D eigenvalue weighted by Crippen LogP contribution is -2.10. The lowest BCUT2D eigenvalue weighted by Gasteiger charge is -2.27. The highest BCUT2D eigenvalue weighted by Crippen LogP contribution is 2.45. The number of para-hydroxylation sites is 2. The molecule has 0 radical (unpaired) electrons. The fourth-order valence-corrected chi connectivity index (χ4v) is 8.43. The monoisotopic (exact) mass is 702 g/mol. The van der Waals surface area contributed by atoms with Crippen LogP contribution in [0.2, 0.25) is 0 Å². The number of aromatic nitrogens is 1. The first-order valence-corrected chi connectivity index (χ1v) is 18.8. The lowest BCUT2D eigenvalue weighted by molar-refractivity contribution is 0.669. The topological polar surface area (TPSA) is 21.3 Å². The van der Waals surface area contributed by atoms with E-state index in [0.29, 0.717) is 0 Å². The highest BCUT2D eigenvalue weighted by atomic mass is 16.3. The summed E-state index contributed by atoms with van der Waals surface area (Å²) in [6.45, 7) is 0. The van der Waals surface area contributed by atoms with Gasteiger partial charge in [0.1, 0.15) is 11.2 Å². The summed E-state index contributed by atoms with van der Waals surface area (Å²) in [6.07, 6.45) is 0. The second-order valence-electron chi connectivity index (χ2n) is 14.1. The maximum Gasteiger partial charge on any atom is 0.137 e. The number of rotatable bonds is 6. The zero-order chi connectivity index (χ0) is 36.3. The van der Waals surface area contributed by atoms with Crippen molar-refractivity contribution in [2.24, 2.45) is 0 Å². The fraction of sp³-hybridized carbons (Fsp3) is 0. The van der Waals surface area contributed by atoms with Gasteiger partial charge in [0, 0.05) is 38.6 Å². The predicted molar refractivity (Wildman–Crippen MR) is 231 cm³/mol. The number of hydrogen-bond donors (Lipinski definition) is 0. The second kappa shape index (κ2) is 12.6. The van der Waals surface area contributed by atoms with Crippen molar-refractivity contribution < 1.29 is 4.42 Å². The Morgan fingerprint density at radius 1 is 0.382 bits per heavy atom. The Balaban J connectivity index is 1.10. The molecule has 0 unspecified atom stereocenters. The number of nitrogens with zero attached hydrogens (tertiary/aromatic N) is 2. The molecule has 55 heavy (non-hydrogen) atoms. The summed E-state index contributed by atoms with van der Waals surface area (Å²) < 4.78 is 8.81. The number of fused-ring (bicyclic) bond motifs is 8. The average Bonchev–Trinajstić information content (AvgIpc) is 3.81. The van der Waals surface area contributed by atoms with E-state index in [1.54, 1.807) is 0 Å². The molecular formula is C52H34N2O. The van der Waals surface area contributed by atoms with Gasteiger partial charge < -0.3 is 13.9 Å². The summed E-state index contributed by atoms with van der Waals surface area (Å²) >= 11 is 0. The van der Waals surface area contributed by atoms with Gasteiger partial charge in [-0.25, -0.2) is 0 Å². The molecule has 0 amide bonds. The molecule has 3 nitrogen and oxygen atoms in total. The minimum atomic E-state index is 0.869. The molecule has 2 aromatic heterocycles. The van der Waals surface area contributed by atoms with Crippen LogP contribution in [0.5, 0.6) is 0 Å². The Morgan fingerprint density at radius 3 is 1.89 bits per heavy atom. The second-order valence-corrected chi connectivity index (χ2v) is 14.1. The van der Waals surface area contributed by atoms with Crippen LogP contribution >= 0.6 is 0 Å². The van der Waals surface area contributed by atoms with E-state index >= 15 is 0 Å². The van der Waals surface area contributed by atoms with Gasteiger partial charge in [0.25, 0.3) is 0 Å². The Morgan fingerprint density at radius 2 is 1.04 bits per heavy atom. The Hall–Kier alpha value is -7.36. The highest BCUT2D eigenvalue weighted by molar-refractivity contribution is 6.19. The molecule has 0 saturated carbocycles. The fourth-order valence-electron chi connectivity index (χ4n) is 8.43. The summed E-state index contributed by atoms with van der Waals surface area (Å²) in [4.78, 5) is 2.37. The van der Waals surface area contributed by atoms with Crippen molar-refractivity contribution in [2.45, 2.75) is 0 Å². The maximum absolute atomic E-state index is 6.39. The van der Waals surface area contributed by atoms with Crippen LogP contribution < -0.4 is 4.90 Å². The van der Waals surface area contributed by atoms with Gasteiger partial charge in [-0.1, -0.05) is 140 Å². The van der Waals surface area contributed by atoms with E-state index in [0.717, 1.165) is 50.3 Å². The first kappa shape index (κ1) is 31.2. The largest absolute Gasteiger partial charge is 0.456 e. The number of anilines is 3. The molecule has 0 aliphatic heterocycles. The van der Waals surface area contributed by atoms with E-state index < -0.39 is 0 Å². The van der Waals surface area contributed by atoms with E-state index in [-0.39, 0.29) is 0 Å². The molecular weight excluding hydrogens is 669 g/mol. The third kappa shape index (κ3) is 5.13. The van der Waals surface area contributed by atoms with Gasteiger partial charge in [-0.05, 0) is 94.4 Å². The summed E-state index contributed by atoms with van der Waals surface area (Å²) in [7, 11) is 0. The third-order valence-corrected chi connectivity index (χ3v) is 11.0. The van der Waals surface area contributed by atoms with Crippen molar-refractivity contribution in [3.8, 4) is 27.9 Å².